The summed E-state index contributed by atoms with van der Waals surface area (Å²) >= 11 is 0. The van der Waals surface area contributed by atoms with Crippen LogP contribution >= 0.6 is 0 Å². The summed E-state index contributed by atoms with van der Waals surface area (Å²) in [6, 6.07) is 8.07. The van der Waals surface area contributed by atoms with Gasteiger partial charge in [-0.05, 0) is 55.4 Å². The Morgan fingerprint density at radius 2 is 1.68 bits per heavy atom. The van der Waals surface area contributed by atoms with Gasteiger partial charge >= 0.3 is 5.97 Å². The molecule has 1 N–H and O–H groups in total. The fraction of sp³-hybridized carbons (Fsp3) is 0.562. The van der Waals surface area contributed by atoms with Crippen molar-refractivity contribution in [3.63, 3.8) is 0 Å². The van der Waals surface area contributed by atoms with Crippen LogP contribution in [0.1, 0.15) is 43.5 Å². The van der Waals surface area contributed by atoms with E-state index in [0.717, 1.165) is 17.5 Å². The van der Waals surface area contributed by atoms with E-state index in [-0.39, 0.29) is 5.97 Å². The minimum absolute atomic E-state index is 0.286. The van der Waals surface area contributed by atoms with Gasteiger partial charge < -0.3 is 10.1 Å². The molecule has 0 spiro atoms. The highest BCUT2D eigenvalue weighted by molar-refractivity contribution is 5.89. The van der Waals surface area contributed by atoms with Crippen molar-refractivity contribution >= 4 is 11.7 Å². The van der Waals surface area contributed by atoms with Crippen LogP contribution in [0.15, 0.2) is 24.3 Å². The molecule has 1 aliphatic rings. The Morgan fingerprint density at radius 1 is 1.11 bits per heavy atom. The van der Waals surface area contributed by atoms with Crippen LogP contribution in [0.4, 0.5) is 5.69 Å². The Labute approximate surface area is 115 Å². The molecule has 19 heavy (non-hydrogen) atoms. The number of hydrogen-bond acceptors (Lipinski definition) is 3. The first-order chi connectivity index (χ1) is 9.08. The lowest BCUT2D eigenvalue weighted by atomic mass is 9.80. The molecule has 0 heterocycles. The van der Waals surface area contributed by atoms with Gasteiger partial charge in [0.1, 0.15) is 0 Å². The molecule has 0 aromatic heterocycles. The molecule has 0 amide bonds. The van der Waals surface area contributed by atoms with Gasteiger partial charge in [-0.2, -0.15) is 0 Å². The van der Waals surface area contributed by atoms with Gasteiger partial charge in [-0.1, -0.05) is 13.8 Å². The van der Waals surface area contributed by atoms with Crippen LogP contribution in [0.2, 0.25) is 0 Å². The number of anilines is 1. The summed E-state index contributed by atoms with van der Waals surface area (Å²) < 4.78 is 4.69. The second-order valence-electron chi connectivity index (χ2n) is 5.83. The predicted molar refractivity (Wildman–Crippen MR) is 77.4 cm³/mol. The maximum atomic E-state index is 11.4. The van der Waals surface area contributed by atoms with Crippen molar-refractivity contribution in [1.29, 1.82) is 0 Å². The molecule has 1 aromatic carbocycles. The largest absolute Gasteiger partial charge is 0.465 e. The van der Waals surface area contributed by atoms with E-state index in [1.165, 1.54) is 26.4 Å². The Morgan fingerprint density at radius 3 is 2.21 bits per heavy atom. The standard InChI is InChI=1S/C16H23NO2/c1-11-8-12(2)10-15(9-11)17-14-6-4-13(5-7-14)16(18)19-3/h4-7,11-12,15,17H,8-10H2,1-3H3. The Bertz CT molecular complexity index is 417. The summed E-state index contributed by atoms with van der Waals surface area (Å²) in [4.78, 5) is 11.4. The molecular weight excluding hydrogens is 238 g/mol. The van der Waals surface area contributed by atoms with Crippen molar-refractivity contribution in [3.8, 4) is 0 Å². The first-order valence-electron chi connectivity index (χ1n) is 7.03. The third kappa shape index (κ3) is 3.72. The lowest BCUT2D eigenvalue weighted by Gasteiger charge is -2.32. The molecule has 3 heteroatoms. The predicted octanol–water partition coefficient (Wildman–Crippen LogP) is 3.71. The highest BCUT2D eigenvalue weighted by atomic mass is 16.5. The Kier molecular flexibility index (Phi) is 4.46. The highest BCUT2D eigenvalue weighted by Crippen LogP contribution is 2.30. The number of ether oxygens (including phenoxy) is 1. The zero-order valence-corrected chi connectivity index (χ0v) is 12.0. The van der Waals surface area contributed by atoms with Crippen LogP contribution < -0.4 is 5.32 Å². The average molecular weight is 261 g/mol. The third-order valence-electron chi connectivity index (χ3n) is 3.86. The van der Waals surface area contributed by atoms with Gasteiger partial charge in [0, 0.05) is 11.7 Å². The zero-order chi connectivity index (χ0) is 13.8. The van der Waals surface area contributed by atoms with E-state index in [1.807, 2.05) is 24.3 Å². The highest BCUT2D eigenvalue weighted by Gasteiger charge is 2.23. The van der Waals surface area contributed by atoms with E-state index < -0.39 is 0 Å². The summed E-state index contributed by atoms with van der Waals surface area (Å²) in [7, 11) is 1.40. The number of benzene rings is 1. The lowest BCUT2D eigenvalue weighted by molar-refractivity contribution is 0.0601. The molecule has 1 saturated carbocycles. The van der Waals surface area contributed by atoms with E-state index in [1.54, 1.807) is 0 Å². The SMILES string of the molecule is COC(=O)c1ccc(NC2CC(C)CC(C)C2)cc1. The smallest absolute Gasteiger partial charge is 0.337 e. The van der Waals surface area contributed by atoms with Crippen LogP contribution in [0.3, 0.4) is 0 Å². The van der Waals surface area contributed by atoms with Gasteiger partial charge in [0.05, 0.1) is 12.7 Å². The van der Waals surface area contributed by atoms with Crippen LogP contribution in [0.25, 0.3) is 0 Å². The van der Waals surface area contributed by atoms with Crippen molar-refractivity contribution in [2.24, 2.45) is 11.8 Å². The van der Waals surface area contributed by atoms with Crippen molar-refractivity contribution < 1.29 is 9.53 Å². The van der Waals surface area contributed by atoms with Crippen molar-refractivity contribution in [1.82, 2.24) is 0 Å². The summed E-state index contributed by atoms with van der Waals surface area (Å²) in [6.45, 7) is 4.65. The zero-order valence-electron chi connectivity index (χ0n) is 12.0. The minimum atomic E-state index is -0.286. The molecular formula is C16H23NO2. The third-order valence-corrected chi connectivity index (χ3v) is 3.86. The van der Waals surface area contributed by atoms with Crippen LogP contribution in [-0.2, 0) is 4.74 Å². The van der Waals surface area contributed by atoms with Crippen LogP contribution in [0.5, 0.6) is 0 Å². The molecule has 104 valence electrons. The van der Waals surface area contributed by atoms with Gasteiger partial charge in [0.15, 0.2) is 0 Å². The molecule has 1 aromatic rings. The van der Waals surface area contributed by atoms with Gasteiger partial charge in [-0.15, -0.1) is 0 Å². The van der Waals surface area contributed by atoms with E-state index >= 15 is 0 Å². The molecule has 1 fully saturated rings. The van der Waals surface area contributed by atoms with E-state index in [0.29, 0.717) is 11.6 Å². The molecule has 0 saturated heterocycles. The topological polar surface area (TPSA) is 38.3 Å². The van der Waals surface area contributed by atoms with Gasteiger partial charge in [-0.25, -0.2) is 4.79 Å². The first kappa shape index (κ1) is 13.9. The number of methoxy groups -OCH3 is 1. The van der Waals surface area contributed by atoms with Gasteiger partial charge in [0.25, 0.3) is 0 Å². The molecule has 3 nitrogen and oxygen atoms in total. The fourth-order valence-electron chi connectivity index (χ4n) is 3.12. The minimum Gasteiger partial charge on any atom is -0.465 e. The number of esters is 1. The maximum absolute atomic E-state index is 11.4. The van der Waals surface area contributed by atoms with Crippen molar-refractivity contribution in [3.05, 3.63) is 29.8 Å². The summed E-state index contributed by atoms with van der Waals surface area (Å²) in [5.41, 5.74) is 1.68. The number of nitrogens with one attached hydrogen (secondary N) is 1. The molecule has 2 unspecified atom stereocenters. The Balaban J connectivity index is 1.97. The summed E-state index contributed by atoms with van der Waals surface area (Å²) in [6.07, 6.45) is 3.78. The van der Waals surface area contributed by atoms with E-state index in [9.17, 15) is 4.79 Å². The molecule has 0 aliphatic heterocycles. The summed E-state index contributed by atoms with van der Waals surface area (Å²) in [5.74, 6) is 1.29. The Hall–Kier alpha value is -1.51. The average Bonchev–Trinajstić information content (AvgIpc) is 2.37. The monoisotopic (exact) mass is 261 g/mol. The second kappa shape index (κ2) is 6.09. The van der Waals surface area contributed by atoms with E-state index in [2.05, 4.69) is 19.2 Å². The molecule has 1 aliphatic carbocycles. The number of carbonyl (C=O) groups excluding carboxylic acids is 1. The van der Waals surface area contributed by atoms with E-state index in [4.69, 9.17) is 4.74 Å². The number of carbonyl (C=O) groups is 1. The number of rotatable bonds is 3. The van der Waals surface area contributed by atoms with Crippen LogP contribution in [0, 0.1) is 11.8 Å². The summed E-state index contributed by atoms with van der Waals surface area (Å²) in [5, 5.41) is 3.57. The normalized spacial score (nSPS) is 26.8. The van der Waals surface area contributed by atoms with Crippen LogP contribution in [-0.4, -0.2) is 19.1 Å². The molecule has 0 bridgehead atoms. The van der Waals surface area contributed by atoms with Crippen molar-refractivity contribution in [2.45, 2.75) is 39.2 Å². The second-order valence-corrected chi connectivity index (χ2v) is 5.83. The number of hydrogen-bond donors (Lipinski definition) is 1. The first-order valence-corrected chi connectivity index (χ1v) is 7.03. The lowest BCUT2D eigenvalue weighted by Crippen LogP contribution is -2.30. The molecule has 2 atom stereocenters. The fourth-order valence-corrected chi connectivity index (χ4v) is 3.12. The quantitative estimate of drug-likeness (QED) is 0.843. The van der Waals surface area contributed by atoms with Gasteiger partial charge in [-0.3, -0.25) is 0 Å². The van der Waals surface area contributed by atoms with Crippen molar-refractivity contribution in [2.75, 3.05) is 12.4 Å². The molecule has 0 radical (unpaired) electrons. The molecule has 2 rings (SSSR count). The maximum Gasteiger partial charge on any atom is 0.337 e. The van der Waals surface area contributed by atoms with Gasteiger partial charge in [0.2, 0.25) is 0 Å².